The quantitative estimate of drug-likeness (QED) is 0.0201. The van der Waals surface area contributed by atoms with E-state index in [0.717, 1.165) is 25.7 Å². The van der Waals surface area contributed by atoms with Crippen LogP contribution in [0, 0.1) is 0 Å². The second-order valence-corrected chi connectivity index (χ2v) is 20.4. The van der Waals surface area contributed by atoms with Crippen molar-refractivity contribution in [1.82, 2.24) is 0 Å². The normalized spacial score (nSPS) is 11.4. The molecule has 64 heavy (non-hydrogen) atoms. The topological polar surface area (TPSA) is 52.6 Å². The minimum atomic E-state index is -0.630. The van der Waals surface area contributed by atoms with Gasteiger partial charge in [-0.1, -0.05) is 341 Å². The van der Waals surface area contributed by atoms with E-state index in [0.29, 0.717) is 13.2 Å². The molecule has 380 valence electrons. The molecular formula is C60H116O4. The molecule has 0 saturated heterocycles. The minimum absolute atomic E-state index is 0.176. The molecular weight excluding hydrogens is 785 g/mol. The van der Waals surface area contributed by atoms with E-state index >= 15 is 0 Å². The number of carbonyl (C=O) groups is 2. The Hall–Kier alpha value is -1.32. The number of ether oxygens (including phenoxy) is 2. The van der Waals surface area contributed by atoms with Crippen LogP contribution in [-0.2, 0) is 19.1 Å². The first kappa shape index (κ1) is 62.7. The highest BCUT2D eigenvalue weighted by atomic mass is 16.6. The van der Waals surface area contributed by atoms with E-state index in [1.54, 1.807) is 0 Å². The molecule has 4 heteroatoms. The standard InChI is InChI=1S/C60H116O4/c1-4-6-8-10-12-14-16-18-20-22-24-26-28-30-32-34-36-38-40-42-44-46-48-50-52-54-56-63-59(61)58(3)60(62)64-57-55-53-51-49-47-45-43-41-39-37-35-33-31-29-27-25-23-21-19-17-15-13-11-9-7-5-2/h3-57H2,1-2H3. The first-order valence-electron chi connectivity index (χ1n) is 29.7. The summed E-state index contributed by atoms with van der Waals surface area (Å²) in [5.41, 5.74) is -0.176. The van der Waals surface area contributed by atoms with E-state index in [9.17, 15) is 9.59 Å². The Labute approximate surface area is 402 Å². The summed E-state index contributed by atoms with van der Waals surface area (Å²) >= 11 is 0. The fourth-order valence-corrected chi connectivity index (χ4v) is 9.42. The highest BCUT2D eigenvalue weighted by molar-refractivity contribution is 6.13. The van der Waals surface area contributed by atoms with Crippen molar-refractivity contribution in [3.8, 4) is 0 Å². The Morgan fingerprint density at radius 2 is 0.359 bits per heavy atom. The number of hydrogen-bond donors (Lipinski definition) is 0. The summed E-state index contributed by atoms with van der Waals surface area (Å²) < 4.78 is 10.6. The van der Waals surface area contributed by atoms with Gasteiger partial charge < -0.3 is 9.47 Å². The Bertz CT molecular complexity index is 857. The summed E-state index contributed by atoms with van der Waals surface area (Å²) in [6.07, 6.45) is 71.4. The summed E-state index contributed by atoms with van der Waals surface area (Å²) in [6, 6.07) is 0. The summed E-state index contributed by atoms with van der Waals surface area (Å²) in [6.45, 7) is 8.94. The number of carbonyl (C=O) groups excluding carboxylic acids is 2. The van der Waals surface area contributed by atoms with Crippen LogP contribution in [-0.4, -0.2) is 25.2 Å². The molecule has 0 spiro atoms. The van der Waals surface area contributed by atoms with Gasteiger partial charge in [0.15, 0.2) is 0 Å². The lowest BCUT2D eigenvalue weighted by atomic mass is 10.0. The zero-order chi connectivity index (χ0) is 46.3. The Morgan fingerprint density at radius 1 is 0.234 bits per heavy atom. The molecule has 0 aliphatic carbocycles. The molecule has 0 aromatic rings. The fraction of sp³-hybridized carbons (Fsp3) is 0.933. The lowest BCUT2D eigenvalue weighted by Crippen LogP contribution is -2.18. The molecule has 0 amide bonds. The first-order valence-corrected chi connectivity index (χ1v) is 29.7. The van der Waals surface area contributed by atoms with Gasteiger partial charge >= 0.3 is 11.9 Å². The van der Waals surface area contributed by atoms with Crippen molar-refractivity contribution in [2.24, 2.45) is 0 Å². The lowest BCUT2D eigenvalue weighted by molar-refractivity contribution is -0.147. The van der Waals surface area contributed by atoms with E-state index < -0.39 is 11.9 Å². The van der Waals surface area contributed by atoms with E-state index in [4.69, 9.17) is 9.47 Å². The maximum Gasteiger partial charge on any atom is 0.344 e. The second kappa shape index (κ2) is 56.0. The Balaban J connectivity index is 3.31. The van der Waals surface area contributed by atoms with Crippen LogP contribution in [0.2, 0.25) is 0 Å². The van der Waals surface area contributed by atoms with E-state index in [1.807, 2.05) is 0 Å². The van der Waals surface area contributed by atoms with Gasteiger partial charge in [-0.05, 0) is 12.8 Å². The van der Waals surface area contributed by atoms with Crippen LogP contribution in [0.1, 0.15) is 348 Å². The Kier molecular flexibility index (Phi) is 54.9. The predicted molar refractivity (Wildman–Crippen MR) is 282 cm³/mol. The van der Waals surface area contributed by atoms with Gasteiger partial charge in [-0.15, -0.1) is 0 Å². The van der Waals surface area contributed by atoms with Crippen LogP contribution in [0.25, 0.3) is 0 Å². The zero-order valence-corrected chi connectivity index (χ0v) is 44.0. The molecule has 0 aromatic carbocycles. The van der Waals surface area contributed by atoms with Crippen LogP contribution in [0.4, 0.5) is 0 Å². The summed E-state index contributed by atoms with van der Waals surface area (Å²) in [5.74, 6) is -1.26. The molecule has 0 aliphatic rings. The van der Waals surface area contributed by atoms with Crippen LogP contribution in [0.15, 0.2) is 12.2 Å². The van der Waals surface area contributed by atoms with Gasteiger partial charge in [0, 0.05) is 0 Å². The molecule has 0 unspecified atom stereocenters. The minimum Gasteiger partial charge on any atom is -0.462 e. The van der Waals surface area contributed by atoms with Gasteiger partial charge in [-0.3, -0.25) is 0 Å². The third kappa shape index (κ3) is 51.7. The molecule has 0 rings (SSSR count). The SMILES string of the molecule is C=C(C(=O)OCCCCCCCCCCCCCCCCCCCCCCCCCCCC)C(=O)OCCCCCCCCCCCCCCCCCCCCCCCCCCCC. The molecule has 0 aromatic heterocycles. The molecule has 0 heterocycles. The summed E-state index contributed by atoms with van der Waals surface area (Å²) in [5, 5.41) is 0. The first-order chi connectivity index (χ1) is 31.6. The van der Waals surface area contributed by atoms with Crippen LogP contribution < -0.4 is 0 Å². The largest absolute Gasteiger partial charge is 0.462 e. The van der Waals surface area contributed by atoms with Crippen molar-refractivity contribution >= 4 is 11.9 Å². The molecule has 0 atom stereocenters. The van der Waals surface area contributed by atoms with Gasteiger partial charge in [0.2, 0.25) is 0 Å². The van der Waals surface area contributed by atoms with Crippen LogP contribution >= 0.6 is 0 Å². The monoisotopic (exact) mass is 901 g/mol. The number of unbranched alkanes of at least 4 members (excludes halogenated alkanes) is 50. The van der Waals surface area contributed by atoms with E-state index in [2.05, 4.69) is 20.4 Å². The van der Waals surface area contributed by atoms with Crippen molar-refractivity contribution in [2.45, 2.75) is 348 Å². The van der Waals surface area contributed by atoms with Gasteiger partial charge in [-0.2, -0.15) is 0 Å². The molecule has 0 N–H and O–H groups in total. The molecule has 0 fully saturated rings. The predicted octanol–water partition coefficient (Wildman–Crippen LogP) is 21.0. The smallest absolute Gasteiger partial charge is 0.344 e. The van der Waals surface area contributed by atoms with Crippen LogP contribution in [0.5, 0.6) is 0 Å². The van der Waals surface area contributed by atoms with E-state index in [1.165, 1.54) is 308 Å². The van der Waals surface area contributed by atoms with Gasteiger partial charge in [0.25, 0.3) is 0 Å². The second-order valence-electron chi connectivity index (χ2n) is 20.4. The van der Waals surface area contributed by atoms with Gasteiger partial charge in [0.05, 0.1) is 13.2 Å². The highest BCUT2D eigenvalue weighted by Gasteiger charge is 2.18. The molecule has 4 nitrogen and oxygen atoms in total. The third-order valence-electron chi connectivity index (χ3n) is 14.0. The number of hydrogen-bond acceptors (Lipinski definition) is 4. The summed E-state index contributed by atoms with van der Waals surface area (Å²) in [7, 11) is 0. The average molecular weight is 902 g/mol. The molecule has 0 aliphatic heterocycles. The molecule has 0 bridgehead atoms. The van der Waals surface area contributed by atoms with Gasteiger partial charge in [-0.25, -0.2) is 9.59 Å². The maximum absolute atomic E-state index is 12.3. The van der Waals surface area contributed by atoms with Crippen LogP contribution in [0.3, 0.4) is 0 Å². The van der Waals surface area contributed by atoms with Crippen molar-refractivity contribution in [3.63, 3.8) is 0 Å². The van der Waals surface area contributed by atoms with E-state index in [-0.39, 0.29) is 5.57 Å². The van der Waals surface area contributed by atoms with Crippen molar-refractivity contribution in [3.05, 3.63) is 12.2 Å². The van der Waals surface area contributed by atoms with Crippen molar-refractivity contribution in [1.29, 1.82) is 0 Å². The Morgan fingerprint density at radius 3 is 0.500 bits per heavy atom. The number of esters is 2. The third-order valence-corrected chi connectivity index (χ3v) is 14.0. The number of rotatable bonds is 56. The highest BCUT2D eigenvalue weighted by Crippen LogP contribution is 2.18. The maximum atomic E-state index is 12.3. The van der Waals surface area contributed by atoms with Crippen molar-refractivity contribution < 1.29 is 19.1 Å². The summed E-state index contributed by atoms with van der Waals surface area (Å²) in [4.78, 5) is 24.5. The molecule has 0 saturated carbocycles. The van der Waals surface area contributed by atoms with Crippen molar-refractivity contribution in [2.75, 3.05) is 13.2 Å². The fourth-order valence-electron chi connectivity index (χ4n) is 9.42. The lowest BCUT2D eigenvalue weighted by Gasteiger charge is -2.08. The average Bonchev–Trinajstić information content (AvgIpc) is 3.30. The van der Waals surface area contributed by atoms with Gasteiger partial charge in [0.1, 0.15) is 5.57 Å². The zero-order valence-electron chi connectivity index (χ0n) is 44.0. The molecule has 0 radical (unpaired) electrons.